The van der Waals surface area contributed by atoms with Gasteiger partial charge in [-0.3, -0.25) is 9.69 Å². The van der Waals surface area contributed by atoms with Gasteiger partial charge in [0.05, 0.1) is 6.04 Å². The number of Topliss-reactive ketones (excluding diaryl/α,β-unsaturated/α-hetero) is 1. The number of carbonyl (C=O) groups is 1. The van der Waals surface area contributed by atoms with E-state index < -0.39 is 0 Å². The molecule has 2 heterocycles. The molecule has 0 aromatic heterocycles. The zero-order valence-corrected chi connectivity index (χ0v) is 10.3. The van der Waals surface area contributed by atoms with Gasteiger partial charge in [0.1, 0.15) is 5.78 Å². The molecule has 90 valence electrons. The van der Waals surface area contributed by atoms with Gasteiger partial charge in [-0.25, -0.2) is 0 Å². The van der Waals surface area contributed by atoms with Crippen LogP contribution in [0.1, 0.15) is 31.7 Å². The quantitative estimate of drug-likeness (QED) is 0.777. The minimum Gasteiger partial charge on any atom is -0.298 e. The van der Waals surface area contributed by atoms with Crippen LogP contribution in [-0.2, 0) is 11.3 Å². The van der Waals surface area contributed by atoms with Crippen LogP contribution < -0.4 is 0 Å². The molecule has 0 amide bonds. The van der Waals surface area contributed by atoms with Crippen molar-refractivity contribution in [2.24, 2.45) is 5.92 Å². The van der Waals surface area contributed by atoms with E-state index in [9.17, 15) is 4.79 Å². The van der Waals surface area contributed by atoms with Crippen LogP contribution >= 0.6 is 0 Å². The van der Waals surface area contributed by atoms with E-state index in [4.69, 9.17) is 0 Å². The molecule has 0 unspecified atom stereocenters. The smallest absolute Gasteiger partial charge is 0.150 e. The van der Waals surface area contributed by atoms with Crippen LogP contribution in [-0.4, -0.2) is 22.8 Å². The maximum atomic E-state index is 12.0. The monoisotopic (exact) mass is 229 g/mol. The lowest BCUT2D eigenvalue weighted by Gasteiger charge is -2.34. The van der Waals surface area contributed by atoms with Crippen LogP contribution in [0, 0.1) is 5.92 Å². The number of benzene rings is 1. The third-order valence-corrected chi connectivity index (χ3v) is 4.34. The molecule has 3 rings (SSSR count). The van der Waals surface area contributed by atoms with Crippen molar-refractivity contribution in [2.45, 2.75) is 44.8 Å². The van der Waals surface area contributed by atoms with Crippen LogP contribution in [0.2, 0.25) is 0 Å². The second-order valence-corrected chi connectivity index (χ2v) is 5.46. The molecule has 2 bridgehead atoms. The minimum absolute atomic E-state index is 0.198. The molecule has 2 nitrogen and oxygen atoms in total. The summed E-state index contributed by atoms with van der Waals surface area (Å²) in [7, 11) is 0. The number of carbonyl (C=O) groups excluding carboxylic acids is 1. The van der Waals surface area contributed by atoms with Crippen molar-refractivity contribution in [1.82, 2.24) is 4.90 Å². The Hall–Kier alpha value is -1.15. The van der Waals surface area contributed by atoms with Gasteiger partial charge in [0.2, 0.25) is 0 Å². The number of piperidine rings is 1. The van der Waals surface area contributed by atoms with Crippen molar-refractivity contribution in [3.05, 3.63) is 35.9 Å². The molecule has 0 aliphatic carbocycles. The first kappa shape index (κ1) is 11.0. The number of ketones is 1. The average molecular weight is 229 g/mol. The summed E-state index contributed by atoms with van der Waals surface area (Å²) in [6, 6.07) is 11.3. The molecule has 0 saturated carbocycles. The lowest BCUT2D eigenvalue weighted by atomic mass is 9.98. The first-order valence-corrected chi connectivity index (χ1v) is 6.58. The van der Waals surface area contributed by atoms with Gasteiger partial charge >= 0.3 is 0 Å². The van der Waals surface area contributed by atoms with Crippen LogP contribution in [0.5, 0.6) is 0 Å². The Balaban J connectivity index is 1.81. The maximum absolute atomic E-state index is 12.0. The fraction of sp³-hybridized carbons (Fsp3) is 0.533. The summed E-state index contributed by atoms with van der Waals surface area (Å²) in [5, 5.41) is 0. The molecule has 0 radical (unpaired) electrons. The second-order valence-electron chi connectivity index (χ2n) is 5.46. The molecule has 2 fully saturated rings. The highest BCUT2D eigenvalue weighted by atomic mass is 16.1. The largest absolute Gasteiger partial charge is 0.298 e. The van der Waals surface area contributed by atoms with E-state index in [0.717, 1.165) is 25.8 Å². The molecule has 0 N–H and O–H groups in total. The van der Waals surface area contributed by atoms with Crippen LogP contribution in [0.3, 0.4) is 0 Å². The SMILES string of the molecule is C[C@H]1C[C@@H]2C(=O)CC[C@@H]1N2Cc1ccccc1. The van der Waals surface area contributed by atoms with E-state index in [-0.39, 0.29) is 6.04 Å². The Morgan fingerprint density at radius 2 is 2.06 bits per heavy atom. The van der Waals surface area contributed by atoms with Crippen molar-refractivity contribution in [1.29, 1.82) is 0 Å². The molecule has 3 atom stereocenters. The fourth-order valence-corrected chi connectivity index (χ4v) is 3.45. The van der Waals surface area contributed by atoms with Gasteiger partial charge in [0.15, 0.2) is 0 Å². The molecular formula is C15H19NO. The van der Waals surface area contributed by atoms with Crippen LogP contribution in [0.4, 0.5) is 0 Å². The minimum atomic E-state index is 0.198. The third kappa shape index (κ3) is 1.91. The standard InChI is InChI=1S/C15H19NO/c1-11-9-14-15(17)8-7-13(11)16(14)10-12-5-3-2-4-6-12/h2-6,11,13-14H,7-10H2,1H3/t11-,13-,14+/m0/s1. The Bertz CT molecular complexity index is 414. The van der Waals surface area contributed by atoms with Gasteiger partial charge in [-0.1, -0.05) is 37.3 Å². The van der Waals surface area contributed by atoms with E-state index in [1.165, 1.54) is 5.56 Å². The first-order valence-electron chi connectivity index (χ1n) is 6.58. The van der Waals surface area contributed by atoms with E-state index in [2.05, 4.69) is 36.1 Å². The van der Waals surface area contributed by atoms with Crippen LogP contribution in [0.15, 0.2) is 30.3 Å². The molecular weight excluding hydrogens is 210 g/mol. The lowest BCUT2D eigenvalue weighted by Crippen LogP contribution is -2.45. The van der Waals surface area contributed by atoms with Gasteiger partial charge in [-0.15, -0.1) is 0 Å². The Labute approximate surface area is 103 Å². The molecule has 17 heavy (non-hydrogen) atoms. The van der Waals surface area contributed by atoms with Crippen molar-refractivity contribution < 1.29 is 4.79 Å². The van der Waals surface area contributed by atoms with E-state index >= 15 is 0 Å². The average Bonchev–Trinajstić information content (AvgIpc) is 2.56. The number of hydrogen-bond donors (Lipinski definition) is 0. The molecule has 2 aliphatic heterocycles. The van der Waals surface area contributed by atoms with Crippen molar-refractivity contribution in [3.8, 4) is 0 Å². The summed E-state index contributed by atoms with van der Waals surface area (Å²) in [5.74, 6) is 1.14. The Kier molecular flexibility index (Phi) is 2.75. The predicted octanol–water partition coefficient (Wildman–Crippen LogP) is 2.63. The number of hydrogen-bond acceptors (Lipinski definition) is 2. The van der Waals surface area contributed by atoms with Crippen molar-refractivity contribution in [3.63, 3.8) is 0 Å². The molecule has 1 aromatic carbocycles. The number of nitrogens with zero attached hydrogens (tertiary/aromatic N) is 1. The molecule has 2 saturated heterocycles. The van der Waals surface area contributed by atoms with Crippen LogP contribution in [0.25, 0.3) is 0 Å². The zero-order valence-electron chi connectivity index (χ0n) is 10.3. The molecule has 0 spiro atoms. The molecule has 1 aromatic rings. The van der Waals surface area contributed by atoms with Gasteiger partial charge in [-0.2, -0.15) is 0 Å². The number of rotatable bonds is 2. The zero-order chi connectivity index (χ0) is 11.8. The fourth-order valence-electron chi connectivity index (χ4n) is 3.45. The van der Waals surface area contributed by atoms with Crippen molar-refractivity contribution in [2.75, 3.05) is 0 Å². The van der Waals surface area contributed by atoms with E-state index in [1.807, 2.05) is 6.07 Å². The topological polar surface area (TPSA) is 20.3 Å². The highest BCUT2D eigenvalue weighted by Gasteiger charge is 2.45. The van der Waals surface area contributed by atoms with Gasteiger partial charge in [-0.05, 0) is 24.3 Å². The van der Waals surface area contributed by atoms with Gasteiger partial charge in [0, 0.05) is 19.0 Å². The third-order valence-electron chi connectivity index (χ3n) is 4.34. The normalized spacial score (nSPS) is 33.0. The van der Waals surface area contributed by atoms with Gasteiger partial charge < -0.3 is 0 Å². The summed E-state index contributed by atoms with van der Waals surface area (Å²) in [4.78, 5) is 14.4. The van der Waals surface area contributed by atoms with Gasteiger partial charge in [0.25, 0.3) is 0 Å². The van der Waals surface area contributed by atoms with Crippen molar-refractivity contribution >= 4 is 5.78 Å². The number of fused-ring (bicyclic) bond motifs is 2. The lowest BCUT2D eigenvalue weighted by molar-refractivity contribution is -0.126. The highest BCUT2D eigenvalue weighted by molar-refractivity contribution is 5.85. The summed E-state index contributed by atoms with van der Waals surface area (Å²) in [5.41, 5.74) is 1.33. The summed E-state index contributed by atoms with van der Waals surface area (Å²) in [6.45, 7) is 3.23. The summed E-state index contributed by atoms with van der Waals surface area (Å²) >= 11 is 0. The second kappa shape index (κ2) is 4.26. The Morgan fingerprint density at radius 1 is 1.29 bits per heavy atom. The predicted molar refractivity (Wildman–Crippen MR) is 67.6 cm³/mol. The van der Waals surface area contributed by atoms with E-state index in [0.29, 0.717) is 17.7 Å². The maximum Gasteiger partial charge on any atom is 0.150 e. The first-order chi connectivity index (χ1) is 8.25. The summed E-state index contributed by atoms with van der Waals surface area (Å²) < 4.78 is 0. The summed E-state index contributed by atoms with van der Waals surface area (Å²) in [6.07, 6.45) is 2.92. The molecule has 2 heteroatoms. The Morgan fingerprint density at radius 3 is 2.82 bits per heavy atom. The van der Waals surface area contributed by atoms with E-state index in [1.54, 1.807) is 0 Å². The molecule has 2 aliphatic rings. The highest BCUT2D eigenvalue weighted by Crippen LogP contribution is 2.38.